The lowest BCUT2D eigenvalue weighted by molar-refractivity contribution is 0.121. The molecule has 0 radical (unpaired) electrons. The third-order valence-electron chi connectivity index (χ3n) is 4.42. The lowest BCUT2D eigenvalue weighted by atomic mass is 9.98. The lowest BCUT2D eigenvalue weighted by Crippen LogP contribution is -2.39. The number of piperidine rings is 1. The average molecular weight is 260 g/mol. The van der Waals surface area contributed by atoms with Crippen LogP contribution in [0.15, 0.2) is 24.4 Å². The van der Waals surface area contributed by atoms with E-state index in [1.54, 1.807) is 6.20 Å². The Balaban J connectivity index is 1.50. The number of pyridine rings is 1. The minimum absolute atomic E-state index is 0.411. The van der Waals surface area contributed by atoms with E-state index in [1.807, 2.05) is 18.2 Å². The van der Waals surface area contributed by atoms with Crippen molar-refractivity contribution in [3.8, 4) is 5.88 Å². The van der Waals surface area contributed by atoms with E-state index in [4.69, 9.17) is 4.74 Å². The summed E-state index contributed by atoms with van der Waals surface area (Å²) < 4.78 is 5.86. The molecule has 0 bridgehead atoms. The number of nitrogens with zero attached hydrogens (tertiary/aromatic N) is 2. The maximum Gasteiger partial charge on any atom is 0.213 e. The van der Waals surface area contributed by atoms with Crippen molar-refractivity contribution in [2.45, 2.75) is 32.6 Å². The number of hydrogen-bond acceptors (Lipinski definition) is 3. The second-order valence-corrected chi connectivity index (χ2v) is 6.44. The molecule has 19 heavy (non-hydrogen) atoms. The van der Waals surface area contributed by atoms with Crippen molar-refractivity contribution in [2.75, 3.05) is 26.2 Å². The maximum absolute atomic E-state index is 5.86. The standard InChI is InChI=1S/C16H24N2O/c1-14-5-4-10-18(11-14)12-16(7-8-16)13-19-15-6-2-3-9-17-15/h2-3,6,9,14H,4-5,7-8,10-13H2,1H3/t14-/m1/s1. The van der Waals surface area contributed by atoms with Crippen molar-refractivity contribution in [3.05, 3.63) is 24.4 Å². The first kappa shape index (κ1) is 12.9. The molecule has 1 aliphatic heterocycles. The van der Waals surface area contributed by atoms with Gasteiger partial charge in [-0.15, -0.1) is 0 Å². The topological polar surface area (TPSA) is 25.4 Å². The largest absolute Gasteiger partial charge is 0.477 e. The predicted octanol–water partition coefficient (Wildman–Crippen LogP) is 2.97. The molecule has 1 saturated heterocycles. The minimum atomic E-state index is 0.411. The third-order valence-corrected chi connectivity index (χ3v) is 4.42. The Morgan fingerprint density at radius 3 is 3.00 bits per heavy atom. The third kappa shape index (κ3) is 3.47. The Bertz CT molecular complexity index is 402. The van der Waals surface area contributed by atoms with Crippen LogP contribution >= 0.6 is 0 Å². The molecule has 0 unspecified atom stereocenters. The van der Waals surface area contributed by atoms with Crippen molar-refractivity contribution in [1.82, 2.24) is 9.88 Å². The van der Waals surface area contributed by atoms with Gasteiger partial charge in [-0.05, 0) is 44.2 Å². The van der Waals surface area contributed by atoms with Crippen molar-refractivity contribution < 1.29 is 4.74 Å². The first-order chi connectivity index (χ1) is 9.26. The van der Waals surface area contributed by atoms with Gasteiger partial charge in [0.15, 0.2) is 0 Å². The number of likely N-dealkylation sites (tertiary alicyclic amines) is 1. The SMILES string of the molecule is C[C@@H]1CCCN(CC2(COc3ccccn3)CC2)C1. The Kier molecular flexibility index (Phi) is 3.74. The van der Waals surface area contributed by atoms with E-state index in [-0.39, 0.29) is 0 Å². The maximum atomic E-state index is 5.86. The smallest absolute Gasteiger partial charge is 0.213 e. The lowest BCUT2D eigenvalue weighted by Gasteiger charge is -2.33. The van der Waals surface area contributed by atoms with Crippen LogP contribution in [0.3, 0.4) is 0 Å². The first-order valence-electron chi connectivity index (χ1n) is 7.52. The Hall–Kier alpha value is -1.09. The summed E-state index contributed by atoms with van der Waals surface area (Å²) in [5, 5.41) is 0. The van der Waals surface area contributed by atoms with Crippen LogP contribution in [0, 0.1) is 11.3 Å². The number of ether oxygens (including phenoxy) is 1. The number of aromatic nitrogens is 1. The monoisotopic (exact) mass is 260 g/mol. The molecule has 2 fully saturated rings. The van der Waals surface area contributed by atoms with Gasteiger partial charge in [0, 0.05) is 30.8 Å². The van der Waals surface area contributed by atoms with Gasteiger partial charge in [-0.25, -0.2) is 4.98 Å². The Morgan fingerprint density at radius 1 is 1.42 bits per heavy atom. The first-order valence-corrected chi connectivity index (χ1v) is 7.52. The van der Waals surface area contributed by atoms with Crippen LogP contribution in [0.1, 0.15) is 32.6 Å². The van der Waals surface area contributed by atoms with E-state index < -0.39 is 0 Å². The second kappa shape index (κ2) is 5.49. The molecule has 0 amide bonds. The van der Waals surface area contributed by atoms with Crippen LogP contribution in [-0.4, -0.2) is 36.1 Å². The molecule has 2 aliphatic rings. The van der Waals surface area contributed by atoms with Crippen LogP contribution < -0.4 is 4.74 Å². The van der Waals surface area contributed by atoms with Gasteiger partial charge in [0.05, 0.1) is 6.61 Å². The summed E-state index contributed by atoms with van der Waals surface area (Å²) in [6.07, 6.45) is 7.17. The van der Waals surface area contributed by atoms with Crippen molar-refractivity contribution in [1.29, 1.82) is 0 Å². The highest BCUT2D eigenvalue weighted by Gasteiger charge is 2.45. The molecule has 2 heterocycles. The molecule has 1 aromatic rings. The molecule has 0 aromatic carbocycles. The molecular weight excluding hydrogens is 236 g/mol. The summed E-state index contributed by atoms with van der Waals surface area (Å²) in [7, 11) is 0. The van der Waals surface area contributed by atoms with E-state index >= 15 is 0 Å². The normalized spacial score (nSPS) is 26.1. The van der Waals surface area contributed by atoms with Crippen molar-refractivity contribution in [3.63, 3.8) is 0 Å². The Labute approximate surface area is 116 Å². The molecule has 0 spiro atoms. The zero-order valence-corrected chi connectivity index (χ0v) is 11.8. The molecule has 1 atom stereocenters. The summed E-state index contributed by atoms with van der Waals surface area (Å²) in [5.41, 5.74) is 0.411. The molecule has 1 aliphatic carbocycles. The van der Waals surface area contributed by atoms with Gasteiger partial charge in [0.1, 0.15) is 0 Å². The van der Waals surface area contributed by atoms with Gasteiger partial charge in [0.2, 0.25) is 5.88 Å². The van der Waals surface area contributed by atoms with E-state index in [0.29, 0.717) is 5.41 Å². The van der Waals surface area contributed by atoms with Crippen molar-refractivity contribution in [2.24, 2.45) is 11.3 Å². The van der Waals surface area contributed by atoms with E-state index in [9.17, 15) is 0 Å². The quantitative estimate of drug-likeness (QED) is 0.814. The van der Waals surface area contributed by atoms with E-state index in [1.165, 1.54) is 45.3 Å². The minimum Gasteiger partial charge on any atom is -0.477 e. The van der Waals surface area contributed by atoms with Gasteiger partial charge in [-0.3, -0.25) is 0 Å². The zero-order valence-electron chi connectivity index (χ0n) is 11.8. The molecule has 104 valence electrons. The summed E-state index contributed by atoms with van der Waals surface area (Å²) in [6, 6.07) is 5.85. The second-order valence-electron chi connectivity index (χ2n) is 6.44. The summed E-state index contributed by atoms with van der Waals surface area (Å²) in [6.45, 7) is 6.95. The fourth-order valence-electron chi connectivity index (χ4n) is 3.09. The summed E-state index contributed by atoms with van der Waals surface area (Å²) in [5.74, 6) is 1.63. The molecule has 0 N–H and O–H groups in total. The predicted molar refractivity (Wildman–Crippen MR) is 76.2 cm³/mol. The number of hydrogen-bond donors (Lipinski definition) is 0. The van der Waals surface area contributed by atoms with E-state index in [0.717, 1.165) is 18.4 Å². The molecule has 3 nitrogen and oxygen atoms in total. The van der Waals surface area contributed by atoms with Crippen LogP contribution in [0.4, 0.5) is 0 Å². The molecule has 3 rings (SSSR count). The van der Waals surface area contributed by atoms with Crippen LogP contribution in [0.25, 0.3) is 0 Å². The highest BCUT2D eigenvalue weighted by atomic mass is 16.5. The van der Waals surface area contributed by atoms with Gasteiger partial charge >= 0.3 is 0 Å². The molecular formula is C16H24N2O. The fraction of sp³-hybridized carbons (Fsp3) is 0.688. The molecule has 1 aromatic heterocycles. The fourth-order valence-corrected chi connectivity index (χ4v) is 3.09. The van der Waals surface area contributed by atoms with Crippen LogP contribution in [0.5, 0.6) is 5.88 Å². The highest BCUT2D eigenvalue weighted by Crippen LogP contribution is 2.46. The number of rotatable bonds is 5. The van der Waals surface area contributed by atoms with Gasteiger partial charge in [0.25, 0.3) is 0 Å². The molecule has 3 heteroatoms. The summed E-state index contributed by atoms with van der Waals surface area (Å²) >= 11 is 0. The Morgan fingerprint density at radius 2 is 2.32 bits per heavy atom. The highest BCUT2D eigenvalue weighted by molar-refractivity contribution is 5.10. The van der Waals surface area contributed by atoms with Crippen LogP contribution in [-0.2, 0) is 0 Å². The summed E-state index contributed by atoms with van der Waals surface area (Å²) in [4.78, 5) is 6.87. The zero-order chi connectivity index (χ0) is 13.1. The molecule has 1 saturated carbocycles. The van der Waals surface area contributed by atoms with Crippen molar-refractivity contribution >= 4 is 0 Å². The van der Waals surface area contributed by atoms with Gasteiger partial charge < -0.3 is 9.64 Å². The van der Waals surface area contributed by atoms with Gasteiger partial charge in [-0.2, -0.15) is 0 Å². The van der Waals surface area contributed by atoms with E-state index in [2.05, 4.69) is 16.8 Å². The average Bonchev–Trinajstić information content (AvgIpc) is 3.18. The van der Waals surface area contributed by atoms with Gasteiger partial charge in [-0.1, -0.05) is 13.0 Å². The van der Waals surface area contributed by atoms with Crippen LogP contribution in [0.2, 0.25) is 0 Å².